The minimum atomic E-state index is -2.04. The molecule has 9 rings (SSSR count). The van der Waals surface area contributed by atoms with E-state index in [1.165, 1.54) is 15.5 Å². The average Bonchev–Trinajstić information content (AvgIpc) is 3.99. The van der Waals surface area contributed by atoms with Gasteiger partial charge in [0, 0.05) is 80.0 Å². The molecule has 1 unspecified atom stereocenters. The Morgan fingerprint density at radius 1 is 0.886 bits per heavy atom. The van der Waals surface area contributed by atoms with Crippen molar-refractivity contribution in [3.8, 4) is 11.4 Å². The van der Waals surface area contributed by atoms with Crippen molar-refractivity contribution in [1.82, 2.24) is 30.4 Å². The van der Waals surface area contributed by atoms with Crippen LogP contribution in [0.15, 0.2) is 47.3 Å². The molecule has 1 saturated heterocycles. The van der Waals surface area contributed by atoms with Crippen LogP contribution in [0.3, 0.4) is 0 Å². The molecule has 79 heavy (non-hydrogen) atoms. The summed E-state index contributed by atoms with van der Waals surface area (Å²) in [5.74, 6) is -4.74. The summed E-state index contributed by atoms with van der Waals surface area (Å²) in [6.07, 6.45) is 2.98. The number of aryl methyl sites for hydroxylation is 1. The molecule has 0 spiro atoms. The van der Waals surface area contributed by atoms with Crippen LogP contribution in [-0.2, 0) is 84.2 Å². The molecule has 0 radical (unpaired) electrons. The average molecular weight is 1090 g/mol. The number of amides is 5. The molecule has 2 aromatic carbocycles. The lowest BCUT2D eigenvalue weighted by Gasteiger charge is -2.31. The number of rotatable bonds is 26. The Kier molecular flexibility index (Phi) is 17.1. The van der Waals surface area contributed by atoms with Crippen LogP contribution in [0.25, 0.3) is 22.3 Å². The predicted molar refractivity (Wildman–Crippen MR) is 283 cm³/mol. The number of esters is 1. The fraction of sp³-hybridized carbons (Fsp3) is 0.508. The highest BCUT2D eigenvalue weighted by Crippen LogP contribution is 2.48. The predicted octanol–water partition coefficient (Wildman–Crippen LogP) is 4.88. The fourth-order valence-electron chi connectivity index (χ4n) is 11.6. The summed E-state index contributed by atoms with van der Waals surface area (Å²) >= 11 is 0. The molecule has 1 saturated carbocycles. The number of unbranched alkanes of at least 4 members (excludes halogenated alkanes) is 2. The van der Waals surface area contributed by atoms with Crippen LogP contribution >= 0.6 is 0 Å². The van der Waals surface area contributed by atoms with E-state index in [4.69, 9.17) is 14.5 Å². The van der Waals surface area contributed by atoms with Gasteiger partial charge in [0.25, 0.3) is 5.56 Å². The zero-order valence-electron chi connectivity index (χ0n) is 44.8. The van der Waals surface area contributed by atoms with Crippen LogP contribution in [0.2, 0.25) is 0 Å². The third-order valence-electron chi connectivity index (χ3n) is 16.3. The van der Waals surface area contributed by atoms with Gasteiger partial charge in [-0.25, -0.2) is 14.2 Å². The number of cyclic esters (lactones) is 1. The van der Waals surface area contributed by atoms with Gasteiger partial charge in [-0.05, 0) is 98.4 Å². The van der Waals surface area contributed by atoms with Gasteiger partial charge in [-0.3, -0.25) is 48.1 Å². The number of carbonyl (C=O) groups is 9. The topological polar surface area (TPSA) is 267 Å². The highest BCUT2D eigenvalue weighted by Gasteiger charge is 2.46. The zero-order chi connectivity index (χ0) is 56.3. The molecule has 4 N–H and O–H groups in total. The first-order valence-corrected chi connectivity index (χ1v) is 27.6. The summed E-state index contributed by atoms with van der Waals surface area (Å²) in [4.78, 5) is 137. The van der Waals surface area contributed by atoms with Crippen molar-refractivity contribution in [2.75, 3.05) is 19.8 Å². The van der Waals surface area contributed by atoms with Gasteiger partial charge in [0.15, 0.2) is 23.0 Å². The Hall–Kier alpha value is -7.32. The molecule has 5 heterocycles. The number of hydrogen-bond donors (Lipinski definition) is 4. The third-order valence-corrected chi connectivity index (χ3v) is 16.3. The minimum absolute atomic E-state index is 0.0328. The van der Waals surface area contributed by atoms with E-state index in [0.717, 1.165) is 34.9 Å². The highest BCUT2D eigenvalue weighted by molar-refractivity contribution is 6.03. The molecule has 20 heteroatoms. The summed E-state index contributed by atoms with van der Waals surface area (Å²) in [5, 5.41) is 20.2. The maximum absolute atomic E-state index is 15.5. The van der Waals surface area contributed by atoms with Crippen LogP contribution in [0.4, 0.5) is 4.39 Å². The third kappa shape index (κ3) is 12.1. The first kappa shape index (κ1) is 56.4. The number of ether oxygens (including phenoxy) is 2. The van der Waals surface area contributed by atoms with E-state index in [1.807, 2.05) is 6.07 Å². The summed E-state index contributed by atoms with van der Waals surface area (Å²) in [6.45, 7) is 4.61. The van der Waals surface area contributed by atoms with E-state index in [2.05, 4.69) is 16.0 Å². The number of hydrogen-bond acceptors (Lipinski definition) is 14. The van der Waals surface area contributed by atoms with Crippen molar-refractivity contribution < 1.29 is 62.1 Å². The fourth-order valence-corrected chi connectivity index (χ4v) is 11.6. The molecule has 3 aliphatic heterocycles. The summed E-state index contributed by atoms with van der Waals surface area (Å²) in [5.41, 5.74) is 2.54. The number of aliphatic hydroxyl groups is 1. The van der Waals surface area contributed by atoms with E-state index < -0.39 is 52.7 Å². The first-order valence-electron chi connectivity index (χ1n) is 27.6. The number of likely N-dealkylation sites (tertiary alicyclic amines) is 1. The Morgan fingerprint density at radius 2 is 1.63 bits per heavy atom. The number of ketones is 3. The highest BCUT2D eigenvalue weighted by atomic mass is 19.1. The SMILES string of the molecule is CC[C@@]1(O)C(=O)OCc2c1cc1n(c2=O)Cc2c-1nc1cc(F)c(C)c3c1c2[C@@H](CC(=O)[C@H](OCNC(=O)CCC(=O)[C@H](Cc1ccccc1)NC(=O)CCC(=O)CNC(=O)CCCCCN1C(=O)CC(C)C1=O)C1CC1)CC3. The van der Waals surface area contributed by atoms with Gasteiger partial charge < -0.3 is 35.1 Å². The number of halogens is 1. The van der Waals surface area contributed by atoms with Crippen LogP contribution in [-0.4, -0.2) is 104 Å². The van der Waals surface area contributed by atoms with Gasteiger partial charge in [-0.1, -0.05) is 50.6 Å². The van der Waals surface area contributed by atoms with Gasteiger partial charge in [0.2, 0.25) is 29.5 Å². The molecule has 4 aromatic rings. The molecular weight excluding hydrogens is 1020 g/mol. The van der Waals surface area contributed by atoms with Gasteiger partial charge in [0.1, 0.15) is 25.3 Å². The lowest BCUT2D eigenvalue weighted by atomic mass is 9.76. The lowest BCUT2D eigenvalue weighted by Crippen LogP contribution is -2.44. The molecule has 418 valence electrons. The van der Waals surface area contributed by atoms with Gasteiger partial charge in [-0.15, -0.1) is 0 Å². The maximum atomic E-state index is 15.5. The van der Waals surface area contributed by atoms with Gasteiger partial charge >= 0.3 is 5.97 Å². The second kappa shape index (κ2) is 24.0. The molecule has 0 bridgehead atoms. The van der Waals surface area contributed by atoms with Crippen LogP contribution < -0.4 is 21.5 Å². The molecule has 2 aromatic heterocycles. The number of fused-ring (bicyclic) bond motifs is 5. The summed E-state index contributed by atoms with van der Waals surface area (Å²) in [6, 6.07) is 11.0. The maximum Gasteiger partial charge on any atom is 0.343 e. The van der Waals surface area contributed by atoms with Crippen molar-refractivity contribution in [3.05, 3.63) is 97.6 Å². The molecule has 2 fully saturated rings. The van der Waals surface area contributed by atoms with Gasteiger partial charge in [0.05, 0.1) is 41.6 Å². The molecular formula is C59H67FN6O13. The van der Waals surface area contributed by atoms with Crippen LogP contribution in [0.5, 0.6) is 0 Å². The zero-order valence-corrected chi connectivity index (χ0v) is 44.8. The van der Waals surface area contributed by atoms with E-state index in [-0.39, 0.29) is 142 Å². The van der Waals surface area contributed by atoms with Crippen molar-refractivity contribution in [1.29, 1.82) is 0 Å². The molecule has 2 aliphatic carbocycles. The largest absolute Gasteiger partial charge is 0.458 e. The minimum Gasteiger partial charge on any atom is -0.458 e. The number of nitrogens with one attached hydrogen (secondary N) is 3. The second-order valence-electron chi connectivity index (χ2n) is 21.8. The number of Topliss-reactive ketones (excluding diaryl/α,β-unsaturated/α-hetero) is 3. The first-order chi connectivity index (χ1) is 37.9. The molecule has 19 nitrogen and oxygen atoms in total. The van der Waals surface area contributed by atoms with E-state index in [0.29, 0.717) is 66.7 Å². The molecule has 5 aliphatic rings. The molecule has 5 amide bonds. The van der Waals surface area contributed by atoms with Crippen LogP contribution in [0, 0.1) is 24.6 Å². The summed E-state index contributed by atoms with van der Waals surface area (Å²) < 4.78 is 28.4. The number of pyridine rings is 2. The normalized spacial score (nSPS) is 19.8. The van der Waals surface area contributed by atoms with E-state index in [1.54, 1.807) is 51.1 Å². The summed E-state index contributed by atoms with van der Waals surface area (Å²) in [7, 11) is 0. The monoisotopic (exact) mass is 1090 g/mol. The smallest absolute Gasteiger partial charge is 0.343 e. The quantitative estimate of drug-likeness (QED) is 0.0249. The number of aromatic nitrogens is 2. The lowest BCUT2D eigenvalue weighted by molar-refractivity contribution is -0.172. The molecule has 5 atom stereocenters. The van der Waals surface area contributed by atoms with Crippen molar-refractivity contribution in [3.63, 3.8) is 0 Å². The van der Waals surface area contributed by atoms with Crippen molar-refractivity contribution >= 4 is 63.8 Å². The number of carbonyl (C=O) groups excluding carboxylic acids is 9. The Bertz CT molecular complexity index is 3210. The number of imide groups is 1. The Balaban J connectivity index is 0.772. The van der Waals surface area contributed by atoms with E-state index in [9.17, 15) is 53.1 Å². The van der Waals surface area contributed by atoms with Crippen molar-refractivity contribution in [2.45, 2.75) is 160 Å². The number of benzene rings is 2. The second-order valence-corrected chi connectivity index (χ2v) is 21.8. The van der Waals surface area contributed by atoms with Gasteiger partial charge in [-0.2, -0.15) is 0 Å². The van der Waals surface area contributed by atoms with Crippen LogP contribution in [0.1, 0.15) is 149 Å². The standard InChI is InChI=1S/C59H67FN6O13/c1-4-59(77)41-26-45-54-39(29-66(45)57(75)40(41)30-78-58(59)76)52-36(16-18-38-33(3)42(60)27-44(64-54)53(38)52)25-47(69)55(35-14-15-35)79-31-62-49(71)21-19-46(68)43(24-34-11-7-5-8-12-34)63-50(72)20-17-37(67)28-61-48(70)13-9-6-10-22-65-51(73)23-32(2)56(65)74/h5,7-8,11-12,26-27,32,35-36,43,55,77H,4,6,9-10,13-25,28-31H2,1-3H3,(H,61,70)(H,62,71)(H,63,72)/t32?,36-,43+,55-,59+/m1/s1. The Morgan fingerprint density at radius 3 is 2.35 bits per heavy atom. The number of nitrogens with zero attached hydrogens (tertiary/aromatic N) is 3. The Labute approximate surface area is 455 Å². The van der Waals surface area contributed by atoms with E-state index >= 15 is 4.39 Å². The van der Waals surface area contributed by atoms with Crippen molar-refractivity contribution in [2.24, 2.45) is 11.8 Å².